The Bertz CT molecular complexity index is 557. The Morgan fingerprint density at radius 2 is 2.19 bits per heavy atom. The van der Waals surface area contributed by atoms with Crippen LogP contribution in [0.15, 0.2) is 24.5 Å². The minimum absolute atomic E-state index is 0.131. The molecule has 2 aliphatic rings. The fourth-order valence-corrected chi connectivity index (χ4v) is 2.47. The van der Waals surface area contributed by atoms with Gasteiger partial charge in [-0.05, 0) is 46.9 Å². The lowest BCUT2D eigenvalue weighted by molar-refractivity contribution is 0.595. The second kappa shape index (κ2) is 2.48. The highest BCUT2D eigenvalue weighted by Gasteiger charge is 2.71. The average molecular weight is 216 g/mol. The van der Waals surface area contributed by atoms with Crippen molar-refractivity contribution in [3.05, 3.63) is 35.9 Å². The molecule has 2 fully saturated rings. The van der Waals surface area contributed by atoms with E-state index in [-0.39, 0.29) is 11.2 Å². The van der Waals surface area contributed by atoms with Crippen molar-refractivity contribution in [2.45, 2.75) is 18.3 Å². The smallest absolute Gasteiger partial charge is 0.143 e. The van der Waals surface area contributed by atoms with E-state index in [1.807, 2.05) is 12.1 Å². The molecule has 80 valence electrons. The maximum Gasteiger partial charge on any atom is 0.143 e. The zero-order chi connectivity index (χ0) is 10.8. The first-order valence-electron chi connectivity index (χ1n) is 5.33. The van der Waals surface area contributed by atoms with Crippen molar-refractivity contribution in [3.8, 4) is 5.69 Å². The molecule has 1 aromatic carbocycles. The van der Waals surface area contributed by atoms with E-state index < -0.39 is 0 Å². The maximum atomic E-state index is 13.9. The van der Waals surface area contributed by atoms with Crippen molar-refractivity contribution in [1.29, 1.82) is 0 Å². The number of tetrazole rings is 1. The summed E-state index contributed by atoms with van der Waals surface area (Å²) < 4.78 is 15.4. The molecule has 2 aromatic rings. The number of nitrogens with zero attached hydrogens (tertiary/aromatic N) is 4. The topological polar surface area (TPSA) is 43.6 Å². The number of hydrogen-bond donors (Lipinski definition) is 0. The third-order valence-corrected chi connectivity index (χ3v) is 3.79. The summed E-state index contributed by atoms with van der Waals surface area (Å²) in [7, 11) is 0. The third kappa shape index (κ3) is 0.951. The van der Waals surface area contributed by atoms with Gasteiger partial charge in [-0.2, -0.15) is 0 Å². The Morgan fingerprint density at radius 3 is 2.75 bits per heavy atom. The van der Waals surface area contributed by atoms with Crippen LogP contribution in [0.3, 0.4) is 0 Å². The Hall–Kier alpha value is -1.78. The van der Waals surface area contributed by atoms with Crippen LogP contribution in [0, 0.1) is 11.7 Å². The Balaban J connectivity index is 1.79. The highest BCUT2D eigenvalue weighted by molar-refractivity contribution is 5.47. The number of benzene rings is 1. The number of halogens is 1. The first-order chi connectivity index (χ1) is 7.79. The predicted octanol–water partition coefficient (Wildman–Crippen LogP) is 1.46. The zero-order valence-electron chi connectivity index (χ0n) is 8.47. The van der Waals surface area contributed by atoms with Crippen molar-refractivity contribution in [2.24, 2.45) is 5.92 Å². The number of rotatable bonds is 2. The molecule has 2 aliphatic carbocycles. The zero-order valence-corrected chi connectivity index (χ0v) is 8.47. The van der Waals surface area contributed by atoms with Gasteiger partial charge in [-0.3, -0.25) is 0 Å². The summed E-state index contributed by atoms with van der Waals surface area (Å²) in [5, 5.41) is 10.8. The van der Waals surface area contributed by atoms with E-state index >= 15 is 0 Å². The van der Waals surface area contributed by atoms with Crippen molar-refractivity contribution < 1.29 is 4.39 Å². The molecule has 0 amide bonds. The van der Waals surface area contributed by atoms with Gasteiger partial charge in [-0.25, -0.2) is 9.07 Å². The van der Waals surface area contributed by atoms with E-state index in [0.29, 0.717) is 5.69 Å². The second-order valence-corrected chi connectivity index (χ2v) is 4.68. The van der Waals surface area contributed by atoms with Gasteiger partial charge in [0.2, 0.25) is 0 Å². The average Bonchev–Trinajstić information content (AvgIpc) is 3.04. The molecule has 16 heavy (non-hydrogen) atoms. The number of fused-ring (bicyclic) bond motifs is 1. The lowest BCUT2D eigenvalue weighted by Crippen LogP contribution is -2.01. The van der Waals surface area contributed by atoms with Crippen LogP contribution in [-0.2, 0) is 5.41 Å². The summed E-state index contributed by atoms with van der Waals surface area (Å²) >= 11 is 0. The van der Waals surface area contributed by atoms with Gasteiger partial charge in [0, 0.05) is 5.41 Å². The maximum absolute atomic E-state index is 13.9. The molecular formula is C11H9FN4. The van der Waals surface area contributed by atoms with Crippen LogP contribution in [0.5, 0.6) is 0 Å². The summed E-state index contributed by atoms with van der Waals surface area (Å²) in [5.74, 6) is 0.619. The summed E-state index contributed by atoms with van der Waals surface area (Å²) in [6, 6.07) is 5.25. The summed E-state index contributed by atoms with van der Waals surface area (Å²) in [6.45, 7) is 0. The van der Waals surface area contributed by atoms with Crippen LogP contribution in [0.2, 0.25) is 0 Å². The fraction of sp³-hybridized carbons (Fsp3) is 0.364. The van der Waals surface area contributed by atoms with E-state index in [1.165, 1.54) is 17.1 Å². The van der Waals surface area contributed by atoms with Gasteiger partial charge < -0.3 is 0 Å². The second-order valence-electron chi connectivity index (χ2n) is 4.68. The highest BCUT2D eigenvalue weighted by atomic mass is 19.1. The molecular weight excluding hydrogens is 207 g/mol. The molecule has 2 saturated carbocycles. The molecule has 0 spiro atoms. The third-order valence-electron chi connectivity index (χ3n) is 3.79. The lowest BCUT2D eigenvalue weighted by Gasteiger charge is -2.07. The van der Waals surface area contributed by atoms with Gasteiger partial charge in [0.25, 0.3) is 0 Å². The molecule has 4 rings (SSSR count). The van der Waals surface area contributed by atoms with Crippen molar-refractivity contribution in [2.75, 3.05) is 0 Å². The predicted molar refractivity (Wildman–Crippen MR) is 53.5 cm³/mol. The van der Waals surface area contributed by atoms with E-state index in [0.717, 1.165) is 24.3 Å². The molecule has 0 unspecified atom stereocenters. The summed E-state index contributed by atoms with van der Waals surface area (Å²) in [5.41, 5.74) is 1.75. The molecule has 0 bridgehead atoms. The van der Waals surface area contributed by atoms with Gasteiger partial charge in [-0.15, -0.1) is 5.10 Å². The fourth-order valence-electron chi connectivity index (χ4n) is 2.47. The van der Waals surface area contributed by atoms with E-state index in [4.69, 9.17) is 0 Å². The molecule has 0 saturated heterocycles. The SMILES string of the molecule is Fc1cc(-n2cnnn2)ccc1C12CC1C2. The van der Waals surface area contributed by atoms with Crippen LogP contribution < -0.4 is 0 Å². The van der Waals surface area contributed by atoms with Gasteiger partial charge in [0.1, 0.15) is 12.1 Å². The molecule has 0 N–H and O–H groups in total. The van der Waals surface area contributed by atoms with E-state index in [1.54, 1.807) is 0 Å². The Labute approximate surface area is 91.1 Å². The van der Waals surface area contributed by atoms with Crippen molar-refractivity contribution >= 4 is 0 Å². The summed E-state index contributed by atoms with van der Waals surface area (Å²) in [6.07, 6.45) is 3.78. The van der Waals surface area contributed by atoms with Crippen LogP contribution in [0.25, 0.3) is 5.69 Å². The van der Waals surface area contributed by atoms with E-state index in [2.05, 4.69) is 15.5 Å². The molecule has 0 radical (unpaired) electrons. The van der Waals surface area contributed by atoms with Gasteiger partial charge >= 0.3 is 0 Å². The van der Waals surface area contributed by atoms with Gasteiger partial charge in [0.15, 0.2) is 0 Å². The first-order valence-corrected chi connectivity index (χ1v) is 5.33. The van der Waals surface area contributed by atoms with Crippen LogP contribution in [-0.4, -0.2) is 20.2 Å². The highest BCUT2D eigenvalue weighted by Crippen LogP contribution is 2.75. The number of aromatic nitrogens is 4. The molecule has 5 heteroatoms. The van der Waals surface area contributed by atoms with Crippen molar-refractivity contribution in [1.82, 2.24) is 20.2 Å². The monoisotopic (exact) mass is 216 g/mol. The van der Waals surface area contributed by atoms with Gasteiger partial charge in [-0.1, -0.05) is 6.07 Å². The Morgan fingerprint density at radius 1 is 1.38 bits per heavy atom. The molecule has 0 atom stereocenters. The molecule has 1 heterocycles. The minimum atomic E-state index is -0.131. The quantitative estimate of drug-likeness (QED) is 0.763. The normalized spacial score (nSPS) is 29.9. The molecule has 4 nitrogen and oxygen atoms in total. The number of hydrogen-bond acceptors (Lipinski definition) is 3. The van der Waals surface area contributed by atoms with Crippen molar-refractivity contribution in [3.63, 3.8) is 0 Å². The lowest BCUT2D eigenvalue weighted by atomic mass is 10.0. The van der Waals surface area contributed by atoms with E-state index in [9.17, 15) is 4.39 Å². The van der Waals surface area contributed by atoms with Crippen LogP contribution in [0.1, 0.15) is 18.4 Å². The van der Waals surface area contributed by atoms with Crippen LogP contribution >= 0.6 is 0 Å². The first kappa shape index (κ1) is 8.38. The standard InChI is InChI=1S/C11H9FN4/c12-10-3-8(16-6-13-14-15-16)1-2-9(10)11-4-7(11)5-11/h1-3,6-7H,4-5H2. The Kier molecular flexibility index (Phi) is 1.30. The van der Waals surface area contributed by atoms with Crippen LogP contribution in [0.4, 0.5) is 4.39 Å². The minimum Gasteiger partial charge on any atom is -0.207 e. The summed E-state index contributed by atoms with van der Waals surface area (Å²) in [4.78, 5) is 0. The van der Waals surface area contributed by atoms with Gasteiger partial charge in [0.05, 0.1) is 5.69 Å². The molecule has 1 aromatic heterocycles. The molecule has 0 aliphatic heterocycles. The largest absolute Gasteiger partial charge is 0.207 e.